The minimum Gasteiger partial charge on any atom is -0.341 e. The van der Waals surface area contributed by atoms with Crippen molar-refractivity contribution in [2.24, 2.45) is 0 Å². The van der Waals surface area contributed by atoms with Gasteiger partial charge < -0.3 is 9.88 Å². The second kappa shape index (κ2) is 7.18. The zero-order chi connectivity index (χ0) is 21.8. The molecule has 0 atom stereocenters. The smallest absolute Gasteiger partial charge is 0.265 e. The van der Waals surface area contributed by atoms with Crippen LogP contribution in [0.4, 0.5) is 5.69 Å². The summed E-state index contributed by atoms with van der Waals surface area (Å²) in [7, 11) is 0. The first-order valence-electron chi connectivity index (χ1n) is 10.7. The van der Waals surface area contributed by atoms with Crippen LogP contribution in [0.25, 0.3) is 42.9 Å². The van der Waals surface area contributed by atoms with Crippen molar-refractivity contribution in [2.45, 2.75) is 20.4 Å². The van der Waals surface area contributed by atoms with E-state index in [1.165, 1.54) is 33.3 Å². The Kier molecular flexibility index (Phi) is 4.26. The maximum Gasteiger partial charge on any atom is 0.265 e. The van der Waals surface area contributed by atoms with Crippen LogP contribution in [-0.4, -0.2) is 15.5 Å². The van der Waals surface area contributed by atoms with Crippen molar-refractivity contribution in [3.63, 3.8) is 0 Å². The number of benzene rings is 3. The van der Waals surface area contributed by atoms with E-state index in [2.05, 4.69) is 84.4 Å². The molecule has 6 aromatic rings. The molecule has 0 aliphatic heterocycles. The molecular formula is C27H21N3OS. The van der Waals surface area contributed by atoms with Gasteiger partial charge in [-0.05, 0) is 61.9 Å². The average molecular weight is 436 g/mol. The molecule has 1 N–H and O–H groups in total. The molecule has 0 radical (unpaired) electrons. The normalized spacial score (nSPS) is 11.7. The number of fused-ring (bicyclic) bond motifs is 5. The van der Waals surface area contributed by atoms with E-state index in [4.69, 9.17) is 4.98 Å². The lowest BCUT2D eigenvalue weighted by Crippen LogP contribution is -2.09. The lowest BCUT2D eigenvalue weighted by Gasteiger charge is -2.05. The third-order valence-electron chi connectivity index (χ3n) is 6.03. The van der Waals surface area contributed by atoms with E-state index in [9.17, 15) is 4.79 Å². The van der Waals surface area contributed by atoms with Crippen LogP contribution in [0.3, 0.4) is 0 Å². The van der Waals surface area contributed by atoms with E-state index in [0.29, 0.717) is 4.88 Å². The maximum absolute atomic E-state index is 13.1. The van der Waals surface area contributed by atoms with E-state index in [0.717, 1.165) is 38.7 Å². The second-order valence-corrected chi connectivity index (χ2v) is 9.17. The van der Waals surface area contributed by atoms with Gasteiger partial charge in [0, 0.05) is 44.8 Å². The van der Waals surface area contributed by atoms with Gasteiger partial charge in [0.2, 0.25) is 0 Å². The maximum atomic E-state index is 13.1. The van der Waals surface area contributed by atoms with E-state index < -0.39 is 0 Å². The quantitative estimate of drug-likeness (QED) is 0.321. The Bertz CT molecular complexity index is 1680. The number of para-hydroxylation sites is 1. The van der Waals surface area contributed by atoms with Crippen molar-refractivity contribution in [1.29, 1.82) is 0 Å². The number of anilines is 1. The predicted molar refractivity (Wildman–Crippen MR) is 135 cm³/mol. The molecule has 0 saturated carbocycles. The third kappa shape index (κ3) is 2.97. The molecule has 3 aromatic carbocycles. The lowest BCUT2D eigenvalue weighted by molar-refractivity contribution is 0.103. The largest absolute Gasteiger partial charge is 0.341 e. The Hall–Kier alpha value is -3.70. The molecule has 1 amide bonds. The van der Waals surface area contributed by atoms with Crippen molar-refractivity contribution < 1.29 is 4.79 Å². The fourth-order valence-electron chi connectivity index (χ4n) is 4.51. The van der Waals surface area contributed by atoms with E-state index in [1.54, 1.807) is 0 Å². The molecule has 3 heterocycles. The summed E-state index contributed by atoms with van der Waals surface area (Å²) in [5.74, 6) is -0.105. The molecule has 0 bridgehead atoms. The zero-order valence-electron chi connectivity index (χ0n) is 17.8. The Morgan fingerprint density at radius 2 is 1.78 bits per heavy atom. The molecule has 0 aliphatic carbocycles. The van der Waals surface area contributed by atoms with Crippen molar-refractivity contribution >= 4 is 65.9 Å². The Labute approximate surface area is 189 Å². The van der Waals surface area contributed by atoms with E-state index in [1.807, 2.05) is 12.1 Å². The Balaban J connectivity index is 1.38. The average Bonchev–Trinajstić information content (AvgIpc) is 3.35. The SMILES string of the molecule is CCn1c2ccccc2c2cc(NC(=O)c3cc4cc5ccc(C)cc5nc4s3)ccc21. The number of aromatic nitrogens is 2. The van der Waals surface area contributed by atoms with Gasteiger partial charge >= 0.3 is 0 Å². The number of nitrogens with one attached hydrogen (secondary N) is 1. The van der Waals surface area contributed by atoms with Gasteiger partial charge in [0.25, 0.3) is 5.91 Å². The lowest BCUT2D eigenvalue weighted by atomic mass is 10.1. The number of carbonyl (C=O) groups is 1. The number of pyridine rings is 1. The first kappa shape index (κ1) is 19.0. The summed E-state index contributed by atoms with van der Waals surface area (Å²) in [5, 5.41) is 7.53. The van der Waals surface area contributed by atoms with Crippen LogP contribution >= 0.6 is 11.3 Å². The van der Waals surface area contributed by atoms with Crippen LogP contribution in [0, 0.1) is 6.92 Å². The van der Waals surface area contributed by atoms with Gasteiger partial charge in [-0.3, -0.25) is 4.79 Å². The van der Waals surface area contributed by atoms with Crippen molar-refractivity contribution in [3.8, 4) is 0 Å². The molecule has 4 nitrogen and oxygen atoms in total. The van der Waals surface area contributed by atoms with E-state index >= 15 is 0 Å². The first-order valence-corrected chi connectivity index (χ1v) is 11.6. The minimum atomic E-state index is -0.105. The number of thiophene rings is 1. The Morgan fingerprint density at radius 3 is 2.66 bits per heavy atom. The highest BCUT2D eigenvalue weighted by Gasteiger charge is 2.14. The van der Waals surface area contributed by atoms with Crippen LogP contribution in [0.5, 0.6) is 0 Å². The molecule has 0 fully saturated rings. The molecule has 156 valence electrons. The fourth-order valence-corrected chi connectivity index (χ4v) is 5.43. The van der Waals surface area contributed by atoms with Gasteiger partial charge in [-0.15, -0.1) is 11.3 Å². The minimum absolute atomic E-state index is 0.105. The highest BCUT2D eigenvalue weighted by atomic mass is 32.1. The first-order chi connectivity index (χ1) is 15.6. The van der Waals surface area contributed by atoms with Crippen LogP contribution in [0.15, 0.2) is 72.8 Å². The highest BCUT2D eigenvalue weighted by molar-refractivity contribution is 7.20. The van der Waals surface area contributed by atoms with Crippen LogP contribution < -0.4 is 5.32 Å². The van der Waals surface area contributed by atoms with Gasteiger partial charge in [-0.25, -0.2) is 4.98 Å². The summed E-state index contributed by atoms with van der Waals surface area (Å²) in [4.78, 5) is 19.4. The molecule has 0 spiro atoms. The monoisotopic (exact) mass is 435 g/mol. The molecule has 0 saturated heterocycles. The van der Waals surface area contributed by atoms with Crippen LogP contribution in [-0.2, 0) is 6.54 Å². The van der Waals surface area contributed by atoms with Crippen molar-refractivity contribution in [2.75, 3.05) is 5.32 Å². The summed E-state index contributed by atoms with van der Waals surface area (Å²) in [6, 6.07) is 24.8. The van der Waals surface area contributed by atoms with Gasteiger partial charge in [0.1, 0.15) is 4.83 Å². The number of amides is 1. The van der Waals surface area contributed by atoms with Crippen LogP contribution in [0.2, 0.25) is 0 Å². The van der Waals surface area contributed by atoms with E-state index in [-0.39, 0.29) is 5.91 Å². The molecule has 32 heavy (non-hydrogen) atoms. The predicted octanol–water partition coefficient (Wildman–Crippen LogP) is 7.14. The summed E-state index contributed by atoms with van der Waals surface area (Å²) < 4.78 is 2.31. The van der Waals surface area contributed by atoms with Crippen LogP contribution in [0.1, 0.15) is 22.2 Å². The van der Waals surface area contributed by atoms with Crippen molar-refractivity contribution in [1.82, 2.24) is 9.55 Å². The summed E-state index contributed by atoms with van der Waals surface area (Å²) in [6.45, 7) is 5.12. The summed E-state index contributed by atoms with van der Waals surface area (Å²) in [5.41, 5.74) is 5.33. The summed E-state index contributed by atoms with van der Waals surface area (Å²) >= 11 is 1.43. The number of nitrogens with zero attached hydrogens (tertiary/aromatic N) is 2. The third-order valence-corrected chi connectivity index (χ3v) is 7.07. The topological polar surface area (TPSA) is 46.9 Å². The fraction of sp³-hybridized carbons (Fsp3) is 0.111. The van der Waals surface area contributed by atoms with Gasteiger partial charge in [0.05, 0.1) is 10.4 Å². The van der Waals surface area contributed by atoms with Crippen molar-refractivity contribution in [3.05, 3.63) is 83.2 Å². The zero-order valence-corrected chi connectivity index (χ0v) is 18.7. The number of hydrogen-bond acceptors (Lipinski definition) is 3. The molecule has 0 unspecified atom stereocenters. The highest BCUT2D eigenvalue weighted by Crippen LogP contribution is 2.32. The van der Waals surface area contributed by atoms with Gasteiger partial charge in [0.15, 0.2) is 0 Å². The second-order valence-electron chi connectivity index (χ2n) is 8.14. The van der Waals surface area contributed by atoms with Gasteiger partial charge in [-0.1, -0.05) is 30.3 Å². The number of carbonyl (C=O) groups excluding carboxylic acids is 1. The van der Waals surface area contributed by atoms with Gasteiger partial charge in [-0.2, -0.15) is 0 Å². The summed E-state index contributed by atoms with van der Waals surface area (Å²) in [6.07, 6.45) is 0. The number of rotatable bonds is 3. The number of hydrogen-bond donors (Lipinski definition) is 1. The molecule has 3 aromatic heterocycles. The standard InChI is InChI=1S/C27H21N3OS/c1-3-30-23-7-5-4-6-20(23)21-15-19(10-11-24(21)30)28-26(31)25-14-18-13-17-9-8-16(2)12-22(17)29-27(18)32-25/h4-15H,3H2,1-2H3,(H,28,31). The number of aryl methyl sites for hydroxylation is 2. The molecule has 0 aliphatic rings. The molecular weight excluding hydrogens is 414 g/mol. The molecule has 6 rings (SSSR count). The Morgan fingerprint density at radius 1 is 0.938 bits per heavy atom. The molecule has 5 heteroatoms.